The van der Waals surface area contributed by atoms with Crippen molar-refractivity contribution in [3.05, 3.63) is 29.8 Å². The van der Waals surface area contributed by atoms with Crippen molar-refractivity contribution in [1.29, 1.82) is 0 Å². The number of hydrogen-bond donors (Lipinski definition) is 3. The summed E-state index contributed by atoms with van der Waals surface area (Å²) in [6.45, 7) is 4.68. The van der Waals surface area contributed by atoms with Crippen LogP contribution in [0, 0.1) is 0 Å². The van der Waals surface area contributed by atoms with Crippen molar-refractivity contribution in [1.82, 2.24) is 10.6 Å². The highest BCUT2D eigenvalue weighted by Gasteiger charge is 2.29. The highest BCUT2D eigenvalue weighted by atomic mass is 16.5. The first-order valence-corrected chi connectivity index (χ1v) is 7.51. The second kappa shape index (κ2) is 7.31. The van der Waals surface area contributed by atoms with Crippen LogP contribution >= 0.6 is 0 Å². The molecule has 0 fully saturated rings. The van der Waals surface area contributed by atoms with Crippen molar-refractivity contribution in [2.45, 2.75) is 44.7 Å². The molecule has 1 aromatic carbocycles. The number of amides is 2. The van der Waals surface area contributed by atoms with Crippen LogP contribution in [0.15, 0.2) is 24.3 Å². The molecule has 116 valence electrons. The van der Waals surface area contributed by atoms with Crippen LogP contribution in [0.5, 0.6) is 5.75 Å². The number of hydrogen-bond acceptors (Lipinski definition) is 3. The van der Waals surface area contributed by atoms with Gasteiger partial charge in [0.2, 0.25) is 0 Å². The predicted octanol–water partition coefficient (Wildman–Crippen LogP) is 2.01. The lowest BCUT2D eigenvalue weighted by molar-refractivity contribution is 0.227. The summed E-state index contributed by atoms with van der Waals surface area (Å²) in [6.07, 6.45) is 1.47. The van der Waals surface area contributed by atoms with Gasteiger partial charge in [0.05, 0.1) is 6.61 Å². The molecule has 5 nitrogen and oxygen atoms in total. The third-order valence-corrected chi connectivity index (χ3v) is 3.87. The monoisotopic (exact) mass is 292 g/mol. The zero-order valence-corrected chi connectivity index (χ0v) is 12.6. The van der Waals surface area contributed by atoms with Gasteiger partial charge in [-0.15, -0.1) is 0 Å². The Morgan fingerprint density at radius 2 is 2.14 bits per heavy atom. The van der Waals surface area contributed by atoms with Crippen LogP contribution in [0.1, 0.15) is 38.2 Å². The van der Waals surface area contributed by atoms with Crippen LogP contribution in [0.25, 0.3) is 0 Å². The molecule has 1 aliphatic heterocycles. The summed E-state index contributed by atoms with van der Waals surface area (Å²) < 4.78 is 5.65. The van der Waals surface area contributed by atoms with Crippen molar-refractivity contribution in [2.24, 2.45) is 0 Å². The Labute approximate surface area is 125 Å². The topological polar surface area (TPSA) is 70.6 Å². The molecule has 5 heteroatoms. The fourth-order valence-corrected chi connectivity index (χ4v) is 2.64. The molecule has 3 N–H and O–H groups in total. The number of urea groups is 1. The molecule has 0 bridgehead atoms. The molecule has 3 atom stereocenters. The zero-order chi connectivity index (χ0) is 15.2. The molecule has 21 heavy (non-hydrogen) atoms. The molecule has 1 heterocycles. The number of nitrogens with one attached hydrogen (secondary N) is 2. The fraction of sp³-hybridized carbons (Fsp3) is 0.562. The Morgan fingerprint density at radius 3 is 2.90 bits per heavy atom. The molecule has 0 spiro atoms. The smallest absolute Gasteiger partial charge is 0.315 e. The van der Waals surface area contributed by atoms with E-state index in [2.05, 4.69) is 10.6 Å². The molecule has 0 radical (unpaired) electrons. The van der Waals surface area contributed by atoms with Gasteiger partial charge in [-0.25, -0.2) is 4.79 Å². The SMILES string of the molecule is CC(CCCO)NC(=O)NC(C)C1COc2ccccc21. The van der Waals surface area contributed by atoms with E-state index < -0.39 is 0 Å². The van der Waals surface area contributed by atoms with Crippen LogP contribution in [-0.4, -0.2) is 36.4 Å². The number of rotatable bonds is 6. The maximum atomic E-state index is 12.0. The first-order chi connectivity index (χ1) is 10.1. The first-order valence-electron chi connectivity index (χ1n) is 7.51. The van der Waals surface area contributed by atoms with Crippen molar-refractivity contribution >= 4 is 6.03 Å². The van der Waals surface area contributed by atoms with E-state index in [1.165, 1.54) is 0 Å². The molecule has 1 aromatic rings. The minimum Gasteiger partial charge on any atom is -0.493 e. The zero-order valence-electron chi connectivity index (χ0n) is 12.6. The average molecular weight is 292 g/mol. The lowest BCUT2D eigenvalue weighted by atomic mass is 9.94. The molecule has 0 aliphatic carbocycles. The van der Waals surface area contributed by atoms with E-state index in [9.17, 15) is 4.79 Å². The third kappa shape index (κ3) is 4.11. The highest BCUT2D eigenvalue weighted by Crippen LogP contribution is 2.35. The van der Waals surface area contributed by atoms with E-state index in [0.717, 1.165) is 17.7 Å². The van der Waals surface area contributed by atoms with Crippen molar-refractivity contribution < 1.29 is 14.6 Å². The fourth-order valence-electron chi connectivity index (χ4n) is 2.64. The van der Waals surface area contributed by atoms with Gasteiger partial charge in [-0.2, -0.15) is 0 Å². The average Bonchev–Trinajstić information content (AvgIpc) is 2.88. The quantitative estimate of drug-likeness (QED) is 0.751. The summed E-state index contributed by atoms with van der Waals surface area (Å²) in [5, 5.41) is 14.7. The van der Waals surface area contributed by atoms with Crippen LogP contribution < -0.4 is 15.4 Å². The summed E-state index contributed by atoms with van der Waals surface area (Å²) in [4.78, 5) is 12.0. The largest absolute Gasteiger partial charge is 0.493 e. The van der Waals surface area contributed by atoms with E-state index in [1.807, 2.05) is 38.1 Å². The van der Waals surface area contributed by atoms with Gasteiger partial charge >= 0.3 is 6.03 Å². The Morgan fingerprint density at radius 1 is 1.38 bits per heavy atom. The number of aliphatic hydroxyl groups excluding tert-OH is 1. The van der Waals surface area contributed by atoms with Crippen molar-refractivity contribution in [3.8, 4) is 5.75 Å². The van der Waals surface area contributed by atoms with Gasteiger partial charge in [0.1, 0.15) is 5.75 Å². The van der Waals surface area contributed by atoms with Crippen molar-refractivity contribution in [2.75, 3.05) is 13.2 Å². The minimum atomic E-state index is -0.169. The van der Waals surface area contributed by atoms with Gasteiger partial charge in [0.25, 0.3) is 0 Å². The van der Waals surface area contributed by atoms with Crippen LogP contribution in [0.3, 0.4) is 0 Å². The maximum Gasteiger partial charge on any atom is 0.315 e. The molecular formula is C16H24N2O3. The standard InChI is InChI=1S/C16H24N2O3/c1-11(6-5-9-19)17-16(20)18-12(2)14-10-21-15-8-4-3-7-13(14)15/h3-4,7-8,11-12,14,19H,5-6,9-10H2,1-2H3,(H2,17,18,20). The molecule has 3 unspecified atom stereocenters. The van der Waals surface area contributed by atoms with E-state index in [4.69, 9.17) is 9.84 Å². The van der Waals surface area contributed by atoms with Gasteiger partial charge in [0.15, 0.2) is 0 Å². The Kier molecular flexibility index (Phi) is 5.44. The minimum absolute atomic E-state index is 0.00121. The summed E-state index contributed by atoms with van der Waals surface area (Å²) in [7, 11) is 0. The first kappa shape index (κ1) is 15.6. The van der Waals surface area contributed by atoms with Crippen LogP contribution in [0.2, 0.25) is 0 Å². The normalized spacial score (nSPS) is 19.3. The van der Waals surface area contributed by atoms with Gasteiger partial charge in [-0.1, -0.05) is 18.2 Å². The van der Waals surface area contributed by atoms with Crippen LogP contribution in [0.4, 0.5) is 4.79 Å². The van der Waals surface area contributed by atoms with Gasteiger partial charge in [-0.05, 0) is 32.8 Å². The van der Waals surface area contributed by atoms with E-state index >= 15 is 0 Å². The molecule has 2 amide bonds. The van der Waals surface area contributed by atoms with Gasteiger partial charge < -0.3 is 20.5 Å². The number of benzene rings is 1. The second-order valence-corrected chi connectivity index (χ2v) is 5.63. The summed E-state index contributed by atoms with van der Waals surface area (Å²) in [6, 6.07) is 7.83. The number of para-hydroxylation sites is 1. The lowest BCUT2D eigenvalue weighted by Gasteiger charge is -2.22. The van der Waals surface area contributed by atoms with Gasteiger partial charge in [-0.3, -0.25) is 0 Å². The van der Waals surface area contributed by atoms with Crippen molar-refractivity contribution in [3.63, 3.8) is 0 Å². The summed E-state index contributed by atoms with van der Waals surface area (Å²) in [5.41, 5.74) is 1.15. The highest BCUT2D eigenvalue weighted by molar-refractivity contribution is 5.74. The molecule has 0 saturated carbocycles. The third-order valence-electron chi connectivity index (χ3n) is 3.87. The number of carbonyl (C=O) groups excluding carboxylic acids is 1. The Balaban J connectivity index is 1.85. The van der Waals surface area contributed by atoms with E-state index in [1.54, 1.807) is 0 Å². The second-order valence-electron chi connectivity index (χ2n) is 5.63. The van der Waals surface area contributed by atoms with E-state index in [0.29, 0.717) is 13.0 Å². The summed E-state index contributed by atoms with van der Waals surface area (Å²) in [5.74, 6) is 1.09. The summed E-state index contributed by atoms with van der Waals surface area (Å²) >= 11 is 0. The molecular weight excluding hydrogens is 268 g/mol. The predicted molar refractivity (Wildman–Crippen MR) is 81.6 cm³/mol. The maximum absolute atomic E-state index is 12.0. The number of aliphatic hydroxyl groups is 1. The Hall–Kier alpha value is -1.75. The number of ether oxygens (including phenoxy) is 1. The molecule has 0 saturated heterocycles. The van der Waals surface area contributed by atoms with Gasteiger partial charge in [0, 0.05) is 30.2 Å². The molecule has 2 rings (SSSR count). The number of fused-ring (bicyclic) bond motifs is 1. The van der Waals surface area contributed by atoms with E-state index in [-0.39, 0.29) is 30.6 Å². The van der Waals surface area contributed by atoms with Crippen LogP contribution in [-0.2, 0) is 0 Å². The molecule has 0 aromatic heterocycles. The lowest BCUT2D eigenvalue weighted by Crippen LogP contribution is -2.46. The molecule has 1 aliphatic rings. The number of carbonyl (C=O) groups is 1. The Bertz CT molecular complexity index is 478.